The number of nitrogens with one attached hydrogen (secondary N) is 1. The molecule has 0 bridgehead atoms. The first kappa shape index (κ1) is 9.61. The van der Waals surface area contributed by atoms with E-state index >= 15 is 0 Å². The Kier molecular flexibility index (Phi) is 2.79. The van der Waals surface area contributed by atoms with Crippen molar-refractivity contribution in [3.8, 4) is 0 Å². The van der Waals surface area contributed by atoms with Crippen LogP contribution in [-0.4, -0.2) is 49.1 Å². The first-order chi connectivity index (χ1) is 6.77. The Morgan fingerprint density at radius 3 is 2.50 bits per heavy atom. The number of rotatable bonds is 4. The van der Waals surface area contributed by atoms with Gasteiger partial charge in [0.15, 0.2) is 0 Å². The number of nitrogens with zero attached hydrogens (tertiary/aromatic N) is 1. The maximum atomic E-state index is 11.2. The molecular formula is C9H14N2O3. The maximum Gasteiger partial charge on any atom is 0.255 e. The second-order valence-corrected chi connectivity index (χ2v) is 3.66. The molecule has 5 heteroatoms. The van der Waals surface area contributed by atoms with Crippen LogP contribution in [0.2, 0.25) is 0 Å². The van der Waals surface area contributed by atoms with Crippen molar-refractivity contribution in [3.63, 3.8) is 0 Å². The second kappa shape index (κ2) is 4.06. The fourth-order valence-corrected chi connectivity index (χ4v) is 1.44. The summed E-state index contributed by atoms with van der Waals surface area (Å²) in [6, 6.07) is 0.612. The maximum absolute atomic E-state index is 11.2. The highest BCUT2D eigenvalue weighted by Gasteiger charge is 2.27. The number of morpholine rings is 1. The predicted octanol–water partition coefficient (Wildman–Crippen LogP) is -0.876. The highest BCUT2D eigenvalue weighted by atomic mass is 16.5. The molecule has 0 aromatic rings. The van der Waals surface area contributed by atoms with Gasteiger partial charge in [0.2, 0.25) is 0 Å². The molecule has 1 aliphatic heterocycles. The van der Waals surface area contributed by atoms with Gasteiger partial charge in [-0.25, -0.2) is 0 Å². The smallest absolute Gasteiger partial charge is 0.255 e. The van der Waals surface area contributed by atoms with E-state index in [4.69, 9.17) is 4.74 Å². The lowest BCUT2D eigenvalue weighted by molar-refractivity contribution is -0.158. The van der Waals surface area contributed by atoms with E-state index in [1.54, 1.807) is 0 Å². The van der Waals surface area contributed by atoms with Gasteiger partial charge in [-0.1, -0.05) is 0 Å². The number of carbonyl (C=O) groups excluding carboxylic acids is 2. The van der Waals surface area contributed by atoms with Gasteiger partial charge in [0.05, 0.1) is 0 Å². The summed E-state index contributed by atoms with van der Waals surface area (Å²) in [6.07, 6.45) is 2.43. The Balaban J connectivity index is 1.75. The molecule has 0 aromatic heterocycles. The summed E-state index contributed by atoms with van der Waals surface area (Å²) in [5.74, 6) is -0.447. The van der Waals surface area contributed by atoms with Crippen LogP contribution < -0.4 is 5.32 Å². The van der Waals surface area contributed by atoms with Crippen LogP contribution in [0.25, 0.3) is 0 Å². The summed E-state index contributed by atoms with van der Waals surface area (Å²) >= 11 is 0. The summed E-state index contributed by atoms with van der Waals surface area (Å²) in [7, 11) is 0. The van der Waals surface area contributed by atoms with Gasteiger partial charge in [-0.05, 0) is 12.8 Å². The average molecular weight is 198 g/mol. The van der Waals surface area contributed by atoms with Gasteiger partial charge in [0, 0.05) is 19.1 Å². The van der Waals surface area contributed by atoms with Crippen molar-refractivity contribution in [2.24, 2.45) is 0 Å². The molecule has 1 saturated heterocycles. The molecule has 1 saturated carbocycles. The van der Waals surface area contributed by atoms with Crippen molar-refractivity contribution >= 4 is 11.8 Å². The lowest BCUT2D eigenvalue weighted by atomic mass is 10.4. The van der Waals surface area contributed by atoms with Gasteiger partial charge >= 0.3 is 0 Å². The molecule has 14 heavy (non-hydrogen) atoms. The Bertz CT molecular complexity index is 234. The quantitative estimate of drug-likeness (QED) is 0.596. The number of hydrogen-bond donors (Lipinski definition) is 1. The largest absolute Gasteiger partial charge is 0.362 e. The summed E-state index contributed by atoms with van der Waals surface area (Å²) in [6.45, 7) is 1.24. The van der Waals surface area contributed by atoms with Crippen LogP contribution in [0, 0.1) is 0 Å². The van der Waals surface area contributed by atoms with Crippen LogP contribution in [0.5, 0.6) is 0 Å². The predicted molar refractivity (Wildman–Crippen MR) is 48.6 cm³/mol. The molecule has 1 heterocycles. The molecule has 0 atom stereocenters. The summed E-state index contributed by atoms with van der Waals surface area (Å²) in [5, 5.41) is 3.26. The van der Waals surface area contributed by atoms with Gasteiger partial charge in [0.25, 0.3) is 11.8 Å². The molecule has 2 aliphatic rings. The zero-order valence-corrected chi connectivity index (χ0v) is 7.99. The molecule has 0 aromatic carbocycles. The van der Waals surface area contributed by atoms with Crippen LogP contribution in [0.15, 0.2) is 0 Å². The molecule has 0 radical (unpaired) electrons. The normalized spacial score (nSPS) is 23.0. The molecule has 0 unspecified atom stereocenters. The lowest BCUT2D eigenvalue weighted by Crippen LogP contribution is -2.48. The van der Waals surface area contributed by atoms with Crippen LogP contribution in [0.1, 0.15) is 12.8 Å². The van der Waals surface area contributed by atoms with Crippen molar-refractivity contribution in [3.05, 3.63) is 0 Å². The van der Waals surface area contributed by atoms with E-state index in [0.717, 1.165) is 0 Å². The van der Waals surface area contributed by atoms with Gasteiger partial charge in [-0.3, -0.25) is 14.5 Å². The van der Waals surface area contributed by atoms with E-state index in [1.807, 2.05) is 0 Å². The van der Waals surface area contributed by atoms with Gasteiger partial charge in [-0.15, -0.1) is 0 Å². The van der Waals surface area contributed by atoms with E-state index < -0.39 is 0 Å². The van der Waals surface area contributed by atoms with Gasteiger partial charge in [0.1, 0.15) is 13.2 Å². The standard InChI is InChI=1S/C9H14N2O3/c12-8-5-14-6-9(13)11(8)4-3-10-7-1-2-7/h7,10H,1-6H2. The summed E-state index contributed by atoms with van der Waals surface area (Å²) < 4.78 is 4.80. The highest BCUT2D eigenvalue weighted by Crippen LogP contribution is 2.18. The number of hydrogen-bond acceptors (Lipinski definition) is 4. The molecule has 78 valence electrons. The monoisotopic (exact) mass is 198 g/mol. The van der Waals surface area contributed by atoms with E-state index in [0.29, 0.717) is 19.1 Å². The van der Waals surface area contributed by atoms with E-state index in [2.05, 4.69) is 5.32 Å². The topological polar surface area (TPSA) is 58.6 Å². The van der Waals surface area contributed by atoms with Crippen LogP contribution >= 0.6 is 0 Å². The fraction of sp³-hybridized carbons (Fsp3) is 0.778. The minimum Gasteiger partial charge on any atom is -0.362 e. The molecule has 5 nitrogen and oxygen atoms in total. The molecular weight excluding hydrogens is 184 g/mol. The highest BCUT2D eigenvalue weighted by molar-refractivity contribution is 5.98. The number of imide groups is 1. The van der Waals surface area contributed by atoms with Crippen molar-refractivity contribution in [1.29, 1.82) is 0 Å². The zero-order valence-electron chi connectivity index (χ0n) is 7.99. The summed E-state index contributed by atoms with van der Waals surface area (Å²) in [4.78, 5) is 23.8. The number of carbonyl (C=O) groups is 2. The van der Waals surface area contributed by atoms with Crippen LogP contribution in [0.4, 0.5) is 0 Å². The molecule has 2 amide bonds. The van der Waals surface area contributed by atoms with Crippen molar-refractivity contribution in [2.75, 3.05) is 26.3 Å². The number of amides is 2. The third-order valence-electron chi connectivity index (χ3n) is 2.40. The van der Waals surface area contributed by atoms with Gasteiger partial charge in [-0.2, -0.15) is 0 Å². The first-order valence-corrected chi connectivity index (χ1v) is 4.91. The Morgan fingerprint density at radius 2 is 1.93 bits per heavy atom. The zero-order chi connectivity index (χ0) is 9.97. The van der Waals surface area contributed by atoms with Gasteiger partial charge < -0.3 is 10.1 Å². The lowest BCUT2D eigenvalue weighted by Gasteiger charge is -2.24. The van der Waals surface area contributed by atoms with Crippen molar-refractivity contribution < 1.29 is 14.3 Å². The SMILES string of the molecule is O=C1COCC(=O)N1CCNC1CC1. The van der Waals surface area contributed by atoms with E-state index in [-0.39, 0.29) is 25.0 Å². The summed E-state index contributed by atoms with van der Waals surface area (Å²) in [5.41, 5.74) is 0. The fourth-order valence-electron chi connectivity index (χ4n) is 1.44. The molecule has 1 aliphatic carbocycles. The molecule has 1 N–H and O–H groups in total. The van der Waals surface area contributed by atoms with Crippen LogP contribution in [-0.2, 0) is 14.3 Å². The average Bonchev–Trinajstić information content (AvgIpc) is 2.94. The van der Waals surface area contributed by atoms with Crippen molar-refractivity contribution in [2.45, 2.75) is 18.9 Å². The number of ether oxygens (including phenoxy) is 1. The van der Waals surface area contributed by atoms with Crippen LogP contribution in [0.3, 0.4) is 0 Å². The molecule has 2 rings (SSSR count). The Morgan fingerprint density at radius 1 is 1.29 bits per heavy atom. The van der Waals surface area contributed by atoms with E-state index in [9.17, 15) is 9.59 Å². The third-order valence-corrected chi connectivity index (χ3v) is 2.40. The first-order valence-electron chi connectivity index (χ1n) is 4.91. The van der Waals surface area contributed by atoms with E-state index in [1.165, 1.54) is 17.7 Å². The van der Waals surface area contributed by atoms with Crippen molar-refractivity contribution in [1.82, 2.24) is 10.2 Å². The Labute approximate surface area is 82.4 Å². The molecule has 2 fully saturated rings. The third kappa shape index (κ3) is 2.30. The minimum absolute atomic E-state index is 0.0369. The second-order valence-electron chi connectivity index (χ2n) is 3.66. The minimum atomic E-state index is -0.223. The Hall–Kier alpha value is -0.940. The molecule has 0 spiro atoms.